The first kappa shape index (κ1) is 12.0. The number of nitrogens with two attached hydrogens (primary N) is 1. The van der Waals surface area contributed by atoms with Gasteiger partial charge < -0.3 is 5.73 Å². The van der Waals surface area contributed by atoms with Crippen molar-refractivity contribution in [2.75, 3.05) is 6.54 Å². The van der Waals surface area contributed by atoms with Gasteiger partial charge in [0.05, 0.1) is 0 Å². The minimum Gasteiger partial charge on any atom is -0.327 e. The van der Waals surface area contributed by atoms with Gasteiger partial charge in [0, 0.05) is 6.54 Å². The maximum atomic E-state index is 5.55. The monoisotopic (exact) mass is 203 g/mol. The molecule has 0 aromatic heterocycles. The van der Waals surface area contributed by atoms with E-state index in [-0.39, 0.29) is 5.41 Å². The highest BCUT2D eigenvalue weighted by Crippen LogP contribution is 2.22. The van der Waals surface area contributed by atoms with Gasteiger partial charge in [-0.15, -0.1) is 0 Å². The van der Waals surface area contributed by atoms with Crippen molar-refractivity contribution in [1.82, 2.24) is 0 Å². The number of rotatable bonds is 2. The number of hydrogen-bond acceptors (Lipinski definition) is 1. The number of hydrogen-bond donors (Lipinski definition) is 1. The maximum absolute atomic E-state index is 5.55. The molecule has 1 aromatic carbocycles. The molecular formula is C14H21N. The summed E-state index contributed by atoms with van der Waals surface area (Å²) < 4.78 is 0. The smallest absolute Gasteiger partial charge is 0.0137 e. The molecule has 0 unspecified atom stereocenters. The van der Waals surface area contributed by atoms with Crippen LogP contribution in [-0.4, -0.2) is 6.54 Å². The van der Waals surface area contributed by atoms with Gasteiger partial charge in [0.15, 0.2) is 0 Å². The van der Waals surface area contributed by atoms with Gasteiger partial charge >= 0.3 is 0 Å². The van der Waals surface area contributed by atoms with Crippen LogP contribution in [0.5, 0.6) is 0 Å². The van der Waals surface area contributed by atoms with Crippen molar-refractivity contribution in [1.29, 1.82) is 0 Å². The normalized spacial score (nSPS) is 13.0. The molecule has 2 N–H and O–H groups in total. The zero-order valence-corrected chi connectivity index (χ0v) is 10.2. The molecule has 0 spiro atoms. The van der Waals surface area contributed by atoms with Gasteiger partial charge in [-0.05, 0) is 23.5 Å². The largest absolute Gasteiger partial charge is 0.327 e. The molecule has 0 bridgehead atoms. The molecule has 15 heavy (non-hydrogen) atoms. The van der Waals surface area contributed by atoms with Crippen molar-refractivity contribution in [3.8, 4) is 0 Å². The van der Waals surface area contributed by atoms with E-state index < -0.39 is 0 Å². The molecule has 1 heteroatoms. The van der Waals surface area contributed by atoms with Gasteiger partial charge in [-0.25, -0.2) is 0 Å². The maximum Gasteiger partial charge on any atom is 0.0137 e. The van der Waals surface area contributed by atoms with Crippen molar-refractivity contribution in [2.45, 2.75) is 33.1 Å². The van der Waals surface area contributed by atoms with Crippen molar-refractivity contribution in [3.05, 3.63) is 41.0 Å². The van der Waals surface area contributed by atoms with Crippen LogP contribution in [-0.2, 0) is 5.41 Å². The van der Waals surface area contributed by atoms with Crippen LogP contribution >= 0.6 is 0 Å². The molecular weight excluding hydrogens is 182 g/mol. The molecule has 0 radical (unpaired) electrons. The van der Waals surface area contributed by atoms with Crippen LogP contribution in [0, 0.1) is 0 Å². The fourth-order valence-electron chi connectivity index (χ4n) is 1.42. The van der Waals surface area contributed by atoms with E-state index in [0.717, 1.165) is 0 Å². The van der Waals surface area contributed by atoms with E-state index in [4.69, 9.17) is 5.73 Å². The zero-order valence-electron chi connectivity index (χ0n) is 10.2. The third-order valence-electron chi connectivity index (χ3n) is 2.51. The average molecular weight is 203 g/mol. The highest BCUT2D eigenvalue weighted by Gasteiger charge is 2.12. The van der Waals surface area contributed by atoms with E-state index in [1.54, 1.807) is 0 Å². The summed E-state index contributed by atoms with van der Waals surface area (Å²) in [6.07, 6.45) is 2.13. The Morgan fingerprint density at radius 3 is 2.13 bits per heavy atom. The van der Waals surface area contributed by atoms with Gasteiger partial charge in [0.2, 0.25) is 0 Å². The summed E-state index contributed by atoms with van der Waals surface area (Å²) in [5.41, 5.74) is 9.58. The highest BCUT2D eigenvalue weighted by molar-refractivity contribution is 5.53. The van der Waals surface area contributed by atoms with Crippen molar-refractivity contribution in [2.24, 2.45) is 5.73 Å². The third kappa shape index (κ3) is 3.52. The van der Waals surface area contributed by atoms with Crippen LogP contribution in [0.4, 0.5) is 0 Å². The van der Waals surface area contributed by atoms with Gasteiger partial charge in [0.1, 0.15) is 0 Å². The molecule has 0 heterocycles. The molecule has 0 saturated heterocycles. The Bertz CT molecular complexity index is 339. The van der Waals surface area contributed by atoms with E-state index in [9.17, 15) is 0 Å². The van der Waals surface area contributed by atoms with Gasteiger partial charge in [0.25, 0.3) is 0 Å². The summed E-state index contributed by atoms with van der Waals surface area (Å²) in [6, 6.07) is 8.69. The zero-order chi connectivity index (χ0) is 11.5. The van der Waals surface area contributed by atoms with E-state index >= 15 is 0 Å². The molecule has 1 aromatic rings. The van der Waals surface area contributed by atoms with Crippen molar-refractivity contribution in [3.63, 3.8) is 0 Å². The molecule has 1 rings (SSSR count). The predicted molar refractivity (Wildman–Crippen MR) is 67.8 cm³/mol. The standard InChI is InChI=1S/C14H21N/c1-11(10-15)9-12-5-7-13(8-6-12)14(2,3)4/h5-9H,10,15H2,1-4H3. The fourth-order valence-corrected chi connectivity index (χ4v) is 1.42. The van der Waals surface area contributed by atoms with Gasteiger partial charge in [-0.1, -0.05) is 56.7 Å². The Hall–Kier alpha value is -1.08. The molecule has 82 valence electrons. The van der Waals surface area contributed by atoms with Crippen LogP contribution in [0.25, 0.3) is 6.08 Å². The summed E-state index contributed by atoms with van der Waals surface area (Å²) in [4.78, 5) is 0. The lowest BCUT2D eigenvalue weighted by molar-refractivity contribution is 0.590. The Labute approximate surface area is 93.0 Å². The molecule has 0 fully saturated rings. The lowest BCUT2D eigenvalue weighted by atomic mass is 9.86. The summed E-state index contributed by atoms with van der Waals surface area (Å²) in [7, 11) is 0. The lowest BCUT2D eigenvalue weighted by Gasteiger charge is -2.18. The molecule has 0 aliphatic heterocycles. The predicted octanol–water partition coefficient (Wildman–Crippen LogP) is 3.35. The second-order valence-electron chi connectivity index (χ2n) is 5.07. The van der Waals surface area contributed by atoms with E-state index in [1.165, 1.54) is 16.7 Å². The quantitative estimate of drug-likeness (QED) is 0.783. The van der Waals surface area contributed by atoms with Crippen LogP contribution in [0.15, 0.2) is 29.8 Å². The van der Waals surface area contributed by atoms with Gasteiger partial charge in [-0.3, -0.25) is 0 Å². The second kappa shape index (κ2) is 4.63. The third-order valence-corrected chi connectivity index (χ3v) is 2.51. The number of benzene rings is 1. The molecule has 0 amide bonds. The molecule has 0 aliphatic rings. The van der Waals surface area contributed by atoms with Crippen LogP contribution in [0.3, 0.4) is 0 Å². The lowest BCUT2D eigenvalue weighted by Crippen LogP contribution is -2.10. The van der Waals surface area contributed by atoms with Crippen molar-refractivity contribution >= 4 is 6.08 Å². The topological polar surface area (TPSA) is 26.0 Å². The summed E-state index contributed by atoms with van der Waals surface area (Å²) in [6.45, 7) is 9.35. The Kier molecular flexibility index (Phi) is 3.70. The Balaban J connectivity index is 2.91. The van der Waals surface area contributed by atoms with Crippen LogP contribution in [0.2, 0.25) is 0 Å². The first-order valence-electron chi connectivity index (χ1n) is 5.41. The highest BCUT2D eigenvalue weighted by atomic mass is 14.5. The average Bonchev–Trinajstić information content (AvgIpc) is 2.17. The molecule has 0 aliphatic carbocycles. The second-order valence-corrected chi connectivity index (χ2v) is 5.07. The van der Waals surface area contributed by atoms with Crippen molar-refractivity contribution < 1.29 is 0 Å². The van der Waals surface area contributed by atoms with E-state index in [2.05, 4.69) is 58.0 Å². The van der Waals surface area contributed by atoms with Crippen LogP contribution in [0.1, 0.15) is 38.8 Å². The SMILES string of the molecule is CC(=Cc1ccc(C(C)(C)C)cc1)CN. The Morgan fingerprint density at radius 1 is 1.20 bits per heavy atom. The molecule has 1 nitrogen and oxygen atoms in total. The van der Waals surface area contributed by atoms with Crippen LogP contribution < -0.4 is 5.73 Å². The first-order chi connectivity index (χ1) is 6.93. The minimum absolute atomic E-state index is 0.227. The first-order valence-corrected chi connectivity index (χ1v) is 5.41. The summed E-state index contributed by atoms with van der Waals surface area (Å²) >= 11 is 0. The van der Waals surface area contributed by atoms with E-state index in [1.807, 2.05) is 0 Å². The van der Waals surface area contributed by atoms with E-state index in [0.29, 0.717) is 6.54 Å². The molecule has 0 saturated carbocycles. The summed E-state index contributed by atoms with van der Waals surface area (Å²) in [5, 5.41) is 0. The minimum atomic E-state index is 0.227. The fraction of sp³-hybridized carbons (Fsp3) is 0.429. The molecule has 0 atom stereocenters. The van der Waals surface area contributed by atoms with Gasteiger partial charge in [-0.2, -0.15) is 0 Å². The Morgan fingerprint density at radius 2 is 1.73 bits per heavy atom. The summed E-state index contributed by atoms with van der Waals surface area (Å²) in [5.74, 6) is 0.